The van der Waals surface area contributed by atoms with Gasteiger partial charge in [-0.2, -0.15) is 0 Å². The van der Waals surface area contributed by atoms with Crippen molar-refractivity contribution in [1.82, 2.24) is 0 Å². The number of carbonyl (C=O) groups is 1. The van der Waals surface area contributed by atoms with E-state index in [2.05, 4.69) is 6.58 Å². The zero-order valence-electron chi connectivity index (χ0n) is 12.1. The maximum Gasteiger partial charge on any atom is 0.309 e. The van der Waals surface area contributed by atoms with Gasteiger partial charge in [-0.15, -0.1) is 6.58 Å². The maximum absolute atomic E-state index is 11.3. The van der Waals surface area contributed by atoms with Crippen LogP contribution in [-0.2, 0) is 28.5 Å². The van der Waals surface area contributed by atoms with Crippen molar-refractivity contribution in [2.75, 3.05) is 13.2 Å². The molecule has 0 saturated carbocycles. The number of ether oxygens (including phenoxy) is 5. The van der Waals surface area contributed by atoms with E-state index in [-0.39, 0.29) is 19.6 Å². The average molecular weight is 300 g/mol. The lowest BCUT2D eigenvalue weighted by Gasteiger charge is -2.32. The Morgan fingerprint density at radius 3 is 2.86 bits per heavy atom. The highest BCUT2D eigenvalue weighted by Gasteiger charge is 2.62. The van der Waals surface area contributed by atoms with E-state index >= 15 is 0 Å². The Kier molecular flexibility index (Phi) is 3.58. The Morgan fingerprint density at radius 2 is 2.24 bits per heavy atom. The van der Waals surface area contributed by atoms with Crippen LogP contribution in [0.1, 0.15) is 20.3 Å². The summed E-state index contributed by atoms with van der Waals surface area (Å²) in [6.45, 7) is 7.34. The molecule has 0 aromatic rings. The minimum atomic E-state index is -1.43. The fraction of sp³-hybridized carbons (Fsp3) is 0.786. The Morgan fingerprint density at radius 1 is 1.48 bits per heavy atom. The summed E-state index contributed by atoms with van der Waals surface area (Å²) in [6, 6.07) is 0. The Bertz CT molecular complexity index is 449. The van der Waals surface area contributed by atoms with E-state index in [0.717, 1.165) is 0 Å². The van der Waals surface area contributed by atoms with Gasteiger partial charge >= 0.3 is 5.97 Å². The molecule has 7 nitrogen and oxygen atoms in total. The Balaban J connectivity index is 1.81. The van der Waals surface area contributed by atoms with Crippen molar-refractivity contribution in [3.63, 3.8) is 0 Å². The number of fused-ring (bicyclic) bond motifs is 1. The summed E-state index contributed by atoms with van der Waals surface area (Å²) in [5.74, 6) is -1.23. The van der Waals surface area contributed by atoms with Gasteiger partial charge in [0.2, 0.25) is 0 Å². The first-order valence-electron chi connectivity index (χ1n) is 6.96. The first-order valence-corrected chi connectivity index (χ1v) is 6.96. The quantitative estimate of drug-likeness (QED) is 0.583. The minimum absolute atomic E-state index is 0.118. The number of esters is 1. The molecule has 0 bridgehead atoms. The van der Waals surface area contributed by atoms with E-state index in [9.17, 15) is 9.90 Å². The molecule has 3 rings (SSSR count). The highest BCUT2D eigenvalue weighted by molar-refractivity contribution is 5.73. The molecular formula is C14H20O7. The number of aliphatic hydroxyl groups is 1. The van der Waals surface area contributed by atoms with Gasteiger partial charge in [-0.05, 0) is 13.8 Å². The summed E-state index contributed by atoms with van der Waals surface area (Å²) in [5.41, 5.74) is -1.43. The standard InChI is InChI=1S/C14H20O7/c1-4-5-17-9-10-12(21-13(2,3)20-10)19-11(9)14(16)6-8(15)18-7-14/h4,9-12,16H,1,5-7H2,2-3H3/t9-,10-,11+,12-,14+/m1/s1. The molecule has 0 spiro atoms. The van der Waals surface area contributed by atoms with Gasteiger partial charge < -0.3 is 28.8 Å². The molecular weight excluding hydrogens is 280 g/mol. The lowest BCUT2D eigenvalue weighted by molar-refractivity contribution is -0.242. The van der Waals surface area contributed by atoms with E-state index in [1.165, 1.54) is 0 Å². The highest BCUT2D eigenvalue weighted by atomic mass is 16.8. The molecule has 1 N–H and O–H groups in total. The van der Waals surface area contributed by atoms with Gasteiger partial charge in [0, 0.05) is 0 Å². The van der Waals surface area contributed by atoms with Crippen LogP contribution in [0.4, 0.5) is 0 Å². The van der Waals surface area contributed by atoms with Crippen molar-refractivity contribution in [1.29, 1.82) is 0 Å². The molecule has 0 aliphatic carbocycles. The average Bonchev–Trinajstić information content (AvgIpc) is 2.98. The topological polar surface area (TPSA) is 83.5 Å². The number of hydrogen-bond acceptors (Lipinski definition) is 7. The SMILES string of the molecule is C=CCO[C@@H]1[C@H]2OC(C)(C)O[C@H]2O[C@@H]1[C@@]1(O)COC(=O)C1. The molecule has 5 atom stereocenters. The number of hydrogen-bond donors (Lipinski definition) is 1. The fourth-order valence-corrected chi connectivity index (χ4v) is 3.01. The summed E-state index contributed by atoms with van der Waals surface area (Å²) in [5, 5.41) is 10.6. The van der Waals surface area contributed by atoms with Crippen LogP contribution in [0.25, 0.3) is 0 Å². The maximum atomic E-state index is 11.3. The minimum Gasteiger partial charge on any atom is -0.462 e. The van der Waals surface area contributed by atoms with Gasteiger partial charge in [-0.1, -0.05) is 6.08 Å². The molecule has 0 amide bonds. The Hall–Kier alpha value is -0.990. The number of cyclic esters (lactones) is 1. The predicted octanol–water partition coefficient (Wildman–Crippen LogP) is 0.112. The summed E-state index contributed by atoms with van der Waals surface area (Å²) in [7, 11) is 0. The first kappa shape index (κ1) is 14.9. The zero-order valence-corrected chi connectivity index (χ0v) is 12.1. The van der Waals surface area contributed by atoms with E-state index in [1.54, 1.807) is 19.9 Å². The van der Waals surface area contributed by atoms with Gasteiger partial charge in [-0.3, -0.25) is 4.79 Å². The van der Waals surface area contributed by atoms with Crippen molar-refractivity contribution in [2.45, 2.75) is 56.3 Å². The molecule has 7 heteroatoms. The van der Waals surface area contributed by atoms with Crippen LogP contribution in [0, 0.1) is 0 Å². The molecule has 118 valence electrons. The molecule has 0 radical (unpaired) electrons. The second kappa shape index (κ2) is 5.03. The second-order valence-electron chi connectivity index (χ2n) is 6.05. The second-order valence-corrected chi connectivity index (χ2v) is 6.05. The molecule has 0 unspecified atom stereocenters. The van der Waals surface area contributed by atoms with Gasteiger partial charge in [-0.25, -0.2) is 0 Å². The highest BCUT2D eigenvalue weighted by Crippen LogP contribution is 2.43. The molecule has 3 fully saturated rings. The molecule has 0 aromatic carbocycles. The third-order valence-corrected chi connectivity index (χ3v) is 3.86. The summed E-state index contributed by atoms with van der Waals surface area (Å²) in [6.07, 6.45) is -0.950. The van der Waals surface area contributed by atoms with E-state index in [0.29, 0.717) is 0 Å². The molecule has 3 saturated heterocycles. The van der Waals surface area contributed by atoms with Crippen molar-refractivity contribution in [3.05, 3.63) is 12.7 Å². The smallest absolute Gasteiger partial charge is 0.309 e. The lowest BCUT2D eigenvalue weighted by Crippen LogP contribution is -2.51. The van der Waals surface area contributed by atoms with Crippen LogP contribution in [0.2, 0.25) is 0 Å². The largest absolute Gasteiger partial charge is 0.462 e. The molecule has 3 aliphatic rings. The summed E-state index contributed by atoms with van der Waals surface area (Å²) in [4.78, 5) is 11.3. The van der Waals surface area contributed by atoms with Crippen molar-refractivity contribution in [2.24, 2.45) is 0 Å². The van der Waals surface area contributed by atoms with E-state index < -0.39 is 42.0 Å². The zero-order chi connectivity index (χ0) is 15.3. The van der Waals surface area contributed by atoms with Crippen LogP contribution < -0.4 is 0 Å². The third kappa shape index (κ3) is 2.60. The van der Waals surface area contributed by atoms with E-state index in [1.807, 2.05) is 0 Å². The van der Waals surface area contributed by atoms with Crippen LogP contribution in [-0.4, -0.2) is 60.3 Å². The number of rotatable bonds is 4. The van der Waals surface area contributed by atoms with Crippen LogP contribution >= 0.6 is 0 Å². The Labute approximate surface area is 122 Å². The first-order chi connectivity index (χ1) is 9.85. The summed E-state index contributed by atoms with van der Waals surface area (Å²) < 4.78 is 27.8. The summed E-state index contributed by atoms with van der Waals surface area (Å²) >= 11 is 0. The molecule has 3 aliphatic heterocycles. The van der Waals surface area contributed by atoms with Crippen LogP contribution in [0.3, 0.4) is 0 Å². The monoisotopic (exact) mass is 300 g/mol. The molecule has 3 heterocycles. The van der Waals surface area contributed by atoms with Gasteiger partial charge in [0.15, 0.2) is 12.1 Å². The van der Waals surface area contributed by atoms with Gasteiger partial charge in [0.1, 0.15) is 30.5 Å². The predicted molar refractivity (Wildman–Crippen MR) is 69.2 cm³/mol. The van der Waals surface area contributed by atoms with Gasteiger partial charge in [0.05, 0.1) is 13.0 Å². The van der Waals surface area contributed by atoms with Crippen LogP contribution in [0.15, 0.2) is 12.7 Å². The third-order valence-electron chi connectivity index (χ3n) is 3.86. The normalized spacial score (nSPS) is 44.6. The van der Waals surface area contributed by atoms with E-state index in [4.69, 9.17) is 23.7 Å². The van der Waals surface area contributed by atoms with Crippen molar-refractivity contribution in [3.8, 4) is 0 Å². The van der Waals surface area contributed by atoms with Crippen LogP contribution in [0.5, 0.6) is 0 Å². The molecule has 21 heavy (non-hydrogen) atoms. The molecule has 0 aromatic heterocycles. The van der Waals surface area contributed by atoms with Gasteiger partial charge in [0.25, 0.3) is 0 Å². The number of carbonyl (C=O) groups excluding carboxylic acids is 1. The lowest BCUT2D eigenvalue weighted by atomic mass is 9.91. The fourth-order valence-electron chi connectivity index (χ4n) is 3.01. The van der Waals surface area contributed by atoms with Crippen molar-refractivity contribution < 1.29 is 33.6 Å². The van der Waals surface area contributed by atoms with Crippen molar-refractivity contribution >= 4 is 5.97 Å².